The van der Waals surface area contributed by atoms with Crippen LogP contribution in [0.25, 0.3) is 0 Å². The van der Waals surface area contributed by atoms with E-state index in [0.717, 1.165) is 22.1 Å². The molecule has 3 heterocycles. The topological polar surface area (TPSA) is 107 Å². The summed E-state index contributed by atoms with van der Waals surface area (Å²) in [7, 11) is 0. The second kappa shape index (κ2) is 12.2. The van der Waals surface area contributed by atoms with Gasteiger partial charge in [0.05, 0.1) is 16.8 Å². The van der Waals surface area contributed by atoms with E-state index in [1.54, 1.807) is 9.80 Å². The molecule has 0 aliphatic carbocycles. The first kappa shape index (κ1) is 29.5. The quantitative estimate of drug-likeness (QED) is 0.407. The molecule has 11 heteroatoms. The molecule has 2 fully saturated rings. The van der Waals surface area contributed by atoms with Gasteiger partial charge in [-0.05, 0) is 54.7 Å². The molecule has 3 aliphatic rings. The molecule has 1 N–H and O–H groups in total. The number of piperazine rings is 1. The molecular formula is C33H30ClFN4O5. The van der Waals surface area contributed by atoms with Gasteiger partial charge in [-0.25, -0.2) is 4.39 Å². The molecular weight excluding hydrogens is 587 g/mol. The monoisotopic (exact) mass is 616 g/mol. The summed E-state index contributed by atoms with van der Waals surface area (Å²) in [6, 6.07) is 18.6. The lowest BCUT2D eigenvalue weighted by molar-refractivity contribution is -0.137. The third-order valence-electron chi connectivity index (χ3n) is 8.51. The van der Waals surface area contributed by atoms with Crippen LogP contribution in [0, 0.1) is 11.7 Å². The van der Waals surface area contributed by atoms with Crippen molar-refractivity contribution < 1.29 is 28.4 Å². The average Bonchev–Trinajstić information content (AvgIpc) is 3.26. The number of anilines is 1. The molecule has 226 valence electrons. The molecule has 2 atom stereocenters. The molecule has 0 bridgehead atoms. The standard InChI is InChI=1S/C33H30ClFN4O5/c34-23-8-6-21(7-9-23)17-22(16-20-4-2-1-3-5-20)31(42)38-14-12-37(13-15-38)28-19-25-24(18-26(28)35)32(43)39(33(25)44)27-10-11-29(40)36-30(27)41/h1-9,18-19,22,27H,10-17H2,(H,36,40,41). The second-order valence-corrected chi connectivity index (χ2v) is 11.8. The van der Waals surface area contributed by atoms with Gasteiger partial charge >= 0.3 is 0 Å². The summed E-state index contributed by atoms with van der Waals surface area (Å²) in [6.45, 7) is 1.38. The number of hydrogen-bond acceptors (Lipinski definition) is 6. The van der Waals surface area contributed by atoms with Crippen molar-refractivity contribution >= 4 is 46.8 Å². The smallest absolute Gasteiger partial charge is 0.262 e. The average molecular weight is 617 g/mol. The van der Waals surface area contributed by atoms with Crippen LogP contribution in [0.2, 0.25) is 5.02 Å². The van der Waals surface area contributed by atoms with E-state index in [4.69, 9.17) is 11.6 Å². The zero-order valence-corrected chi connectivity index (χ0v) is 24.6. The molecule has 0 spiro atoms. The van der Waals surface area contributed by atoms with E-state index < -0.39 is 35.5 Å². The third kappa shape index (κ3) is 5.81. The fourth-order valence-electron chi connectivity index (χ4n) is 6.20. The Morgan fingerprint density at radius 3 is 2.11 bits per heavy atom. The van der Waals surface area contributed by atoms with E-state index >= 15 is 4.39 Å². The number of halogens is 2. The van der Waals surface area contributed by atoms with Crippen LogP contribution in [-0.2, 0) is 27.2 Å². The van der Waals surface area contributed by atoms with E-state index in [-0.39, 0.29) is 41.5 Å². The zero-order chi connectivity index (χ0) is 31.0. The SMILES string of the molecule is O=C1CCC(N2C(=O)c3cc(F)c(N4CCN(C(=O)C(Cc5ccccc5)Cc5ccc(Cl)cc5)CC4)cc3C2=O)C(=O)N1. The molecule has 3 aromatic rings. The van der Waals surface area contributed by atoms with Gasteiger partial charge < -0.3 is 9.80 Å². The number of rotatable bonds is 7. The molecule has 0 saturated carbocycles. The largest absolute Gasteiger partial charge is 0.366 e. The van der Waals surface area contributed by atoms with E-state index in [1.807, 2.05) is 54.6 Å². The van der Waals surface area contributed by atoms with Crippen LogP contribution in [-0.4, -0.2) is 71.6 Å². The van der Waals surface area contributed by atoms with Crippen LogP contribution in [0.3, 0.4) is 0 Å². The molecule has 0 radical (unpaired) electrons. The van der Waals surface area contributed by atoms with Crippen LogP contribution < -0.4 is 10.2 Å². The summed E-state index contributed by atoms with van der Waals surface area (Å²) in [6.07, 6.45) is 1.13. The molecule has 5 amide bonds. The van der Waals surface area contributed by atoms with Gasteiger partial charge in [0.15, 0.2) is 0 Å². The highest BCUT2D eigenvalue weighted by atomic mass is 35.5. The van der Waals surface area contributed by atoms with Gasteiger partial charge in [0.1, 0.15) is 11.9 Å². The van der Waals surface area contributed by atoms with Crippen LogP contribution in [0.5, 0.6) is 0 Å². The minimum absolute atomic E-state index is 0.00166. The van der Waals surface area contributed by atoms with Crippen molar-refractivity contribution in [3.63, 3.8) is 0 Å². The van der Waals surface area contributed by atoms with Crippen molar-refractivity contribution in [3.05, 3.63) is 99.8 Å². The van der Waals surface area contributed by atoms with Crippen molar-refractivity contribution in [3.8, 4) is 0 Å². The number of carbonyl (C=O) groups is 5. The number of carbonyl (C=O) groups excluding carboxylic acids is 5. The fraction of sp³-hybridized carbons (Fsp3) is 0.303. The van der Waals surface area contributed by atoms with Gasteiger partial charge in [-0.2, -0.15) is 0 Å². The maximum Gasteiger partial charge on any atom is 0.262 e. The molecule has 9 nitrogen and oxygen atoms in total. The molecule has 44 heavy (non-hydrogen) atoms. The van der Waals surface area contributed by atoms with Gasteiger partial charge in [0, 0.05) is 43.5 Å². The Bertz CT molecular complexity index is 1640. The lowest BCUT2D eigenvalue weighted by atomic mass is 9.91. The number of nitrogens with zero attached hydrogens (tertiary/aromatic N) is 3. The first-order valence-electron chi connectivity index (χ1n) is 14.6. The molecule has 6 rings (SSSR count). The Hall–Kier alpha value is -4.57. The second-order valence-electron chi connectivity index (χ2n) is 11.3. The Morgan fingerprint density at radius 1 is 0.864 bits per heavy atom. The van der Waals surface area contributed by atoms with Crippen LogP contribution in [0.1, 0.15) is 44.7 Å². The van der Waals surface area contributed by atoms with E-state index in [9.17, 15) is 24.0 Å². The molecule has 3 aromatic carbocycles. The van der Waals surface area contributed by atoms with E-state index in [2.05, 4.69) is 5.32 Å². The number of hydrogen-bond donors (Lipinski definition) is 1. The van der Waals surface area contributed by atoms with E-state index in [1.165, 1.54) is 6.07 Å². The predicted octanol–water partition coefficient (Wildman–Crippen LogP) is 3.63. The summed E-state index contributed by atoms with van der Waals surface area (Å²) in [5, 5.41) is 2.78. The normalized spacial score (nSPS) is 19.2. The van der Waals surface area contributed by atoms with Gasteiger partial charge in [-0.1, -0.05) is 54.1 Å². The molecule has 2 unspecified atom stereocenters. The number of amides is 5. The van der Waals surface area contributed by atoms with Crippen molar-refractivity contribution in [2.75, 3.05) is 31.1 Å². The highest BCUT2D eigenvalue weighted by Gasteiger charge is 2.45. The first-order valence-corrected chi connectivity index (χ1v) is 14.9. The van der Waals surface area contributed by atoms with Gasteiger partial charge in [0.25, 0.3) is 11.8 Å². The maximum atomic E-state index is 15.4. The highest BCUT2D eigenvalue weighted by Crippen LogP contribution is 2.33. The third-order valence-corrected chi connectivity index (χ3v) is 8.76. The van der Waals surface area contributed by atoms with E-state index in [0.29, 0.717) is 44.0 Å². The zero-order valence-electron chi connectivity index (χ0n) is 23.8. The number of imide groups is 2. The van der Waals surface area contributed by atoms with Crippen molar-refractivity contribution in [1.82, 2.24) is 15.1 Å². The van der Waals surface area contributed by atoms with Crippen LogP contribution >= 0.6 is 11.6 Å². The molecule has 0 aromatic heterocycles. The minimum Gasteiger partial charge on any atom is -0.366 e. The Balaban J connectivity index is 1.16. The Labute approximate surface area is 258 Å². The van der Waals surface area contributed by atoms with Crippen LogP contribution in [0.4, 0.5) is 10.1 Å². The summed E-state index contributed by atoms with van der Waals surface area (Å²) >= 11 is 6.07. The molecule has 3 aliphatic heterocycles. The number of fused-ring (bicyclic) bond motifs is 1. The van der Waals surface area contributed by atoms with Gasteiger partial charge in [-0.15, -0.1) is 0 Å². The fourth-order valence-corrected chi connectivity index (χ4v) is 6.32. The lowest BCUT2D eigenvalue weighted by Crippen LogP contribution is -2.54. The number of piperidine rings is 1. The van der Waals surface area contributed by atoms with Crippen molar-refractivity contribution in [2.24, 2.45) is 5.92 Å². The summed E-state index contributed by atoms with van der Waals surface area (Å²) in [5.41, 5.74) is 2.13. The Kier molecular flexibility index (Phi) is 8.18. The molecule has 2 saturated heterocycles. The number of nitrogens with one attached hydrogen (secondary N) is 1. The summed E-state index contributed by atoms with van der Waals surface area (Å²) in [5.74, 6) is -3.60. The lowest BCUT2D eigenvalue weighted by Gasteiger charge is -2.38. The van der Waals surface area contributed by atoms with Crippen LogP contribution in [0.15, 0.2) is 66.7 Å². The highest BCUT2D eigenvalue weighted by molar-refractivity contribution is 6.30. The minimum atomic E-state index is -1.13. The summed E-state index contributed by atoms with van der Waals surface area (Å²) in [4.78, 5) is 68.4. The van der Waals surface area contributed by atoms with Gasteiger partial charge in [-0.3, -0.25) is 34.2 Å². The number of benzene rings is 3. The van der Waals surface area contributed by atoms with Crippen molar-refractivity contribution in [2.45, 2.75) is 31.7 Å². The van der Waals surface area contributed by atoms with Crippen molar-refractivity contribution in [1.29, 1.82) is 0 Å². The first-order chi connectivity index (χ1) is 21.2. The predicted molar refractivity (Wildman–Crippen MR) is 161 cm³/mol. The van der Waals surface area contributed by atoms with Gasteiger partial charge in [0.2, 0.25) is 17.7 Å². The maximum absolute atomic E-state index is 15.4. The summed E-state index contributed by atoms with van der Waals surface area (Å²) < 4.78 is 15.4. The Morgan fingerprint density at radius 2 is 1.48 bits per heavy atom.